The second kappa shape index (κ2) is 8.79. The number of ether oxygens (including phenoxy) is 1. The molecule has 8 heteroatoms. The first-order valence-electron chi connectivity index (χ1n) is 9.37. The maximum Gasteiger partial charge on any atom is 0.336 e. The lowest BCUT2D eigenvalue weighted by Gasteiger charge is -2.13. The van der Waals surface area contributed by atoms with Gasteiger partial charge in [0.2, 0.25) is 0 Å². The number of carbonyl (C=O) groups excluding carboxylic acids is 1. The lowest BCUT2D eigenvalue weighted by molar-refractivity contribution is -0.130. The summed E-state index contributed by atoms with van der Waals surface area (Å²) in [6.07, 6.45) is 0.211. The molecule has 0 saturated carbocycles. The number of benzene rings is 2. The largest absolute Gasteiger partial charge is 0.496 e. The number of thiophene rings is 1. The molecule has 0 amide bonds. The number of carboxylic acid groups (broad SMARTS) is 1. The van der Waals surface area contributed by atoms with E-state index in [0.717, 1.165) is 22.9 Å². The van der Waals surface area contributed by atoms with E-state index >= 15 is 0 Å². The molecule has 0 atom stereocenters. The number of methoxy groups -OCH3 is 1. The number of carboxylic acids is 1. The van der Waals surface area contributed by atoms with E-state index in [1.54, 1.807) is 43.5 Å². The Labute approximate surface area is 186 Å². The Morgan fingerprint density at radius 3 is 2.48 bits per heavy atom. The molecular weight excluding hydrogens is 432 g/mol. The van der Waals surface area contributed by atoms with Crippen LogP contribution in [-0.2, 0) is 11.2 Å². The Hall–Kier alpha value is -3.36. The predicted molar refractivity (Wildman–Crippen MR) is 122 cm³/mol. The van der Waals surface area contributed by atoms with Gasteiger partial charge in [0.1, 0.15) is 16.8 Å². The van der Waals surface area contributed by atoms with Crippen LogP contribution >= 0.6 is 23.1 Å². The van der Waals surface area contributed by atoms with Crippen LogP contribution in [0.25, 0.3) is 16.6 Å². The Morgan fingerprint density at radius 1 is 1.03 bits per heavy atom. The number of aromatic nitrogens is 2. The topological polar surface area (TPSA) is 89.4 Å². The number of ketones is 1. The van der Waals surface area contributed by atoms with Crippen LogP contribution in [0.2, 0.25) is 0 Å². The van der Waals surface area contributed by atoms with E-state index < -0.39 is 5.97 Å². The molecule has 4 rings (SSSR count). The minimum Gasteiger partial charge on any atom is -0.496 e. The number of hydrogen-bond acceptors (Lipinski definition) is 7. The van der Waals surface area contributed by atoms with Gasteiger partial charge in [0, 0.05) is 17.6 Å². The van der Waals surface area contributed by atoms with Gasteiger partial charge in [-0.1, -0.05) is 6.07 Å². The number of aryl methyl sites for hydroxylation is 1. The smallest absolute Gasteiger partial charge is 0.336 e. The van der Waals surface area contributed by atoms with E-state index in [1.165, 1.54) is 11.3 Å². The summed E-state index contributed by atoms with van der Waals surface area (Å²) < 4.78 is 13.7. The van der Waals surface area contributed by atoms with Crippen LogP contribution in [0.5, 0.6) is 5.75 Å². The molecule has 6 nitrogen and oxygen atoms in total. The standard InChI is InChI=1S/C23H18N2O4S2/c1-13-9-16(4-6-20(13)29-2)22(26)17(10-14-7-8-30-12-14)21(23(27)28)15-3-5-18-19(11-15)25-31-24-18/h3-9,11-12H,10H2,1-2H3,(H,27,28). The molecule has 2 heterocycles. The van der Waals surface area contributed by atoms with Gasteiger partial charge in [0.05, 0.1) is 24.4 Å². The van der Waals surface area contributed by atoms with Crippen molar-refractivity contribution in [1.82, 2.24) is 8.75 Å². The van der Waals surface area contributed by atoms with Gasteiger partial charge in [-0.05, 0) is 70.8 Å². The van der Waals surface area contributed by atoms with E-state index in [1.807, 2.05) is 23.8 Å². The lowest BCUT2D eigenvalue weighted by Crippen LogP contribution is -2.14. The first-order chi connectivity index (χ1) is 15.0. The van der Waals surface area contributed by atoms with Gasteiger partial charge in [-0.2, -0.15) is 20.1 Å². The second-order valence-electron chi connectivity index (χ2n) is 6.95. The van der Waals surface area contributed by atoms with Gasteiger partial charge < -0.3 is 9.84 Å². The molecule has 156 valence electrons. The molecule has 0 unspecified atom stereocenters. The van der Waals surface area contributed by atoms with Crippen LogP contribution in [0.3, 0.4) is 0 Å². The van der Waals surface area contributed by atoms with Crippen molar-refractivity contribution in [3.8, 4) is 5.75 Å². The first-order valence-corrected chi connectivity index (χ1v) is 11.0. The maximum absolute atomic E-state index is 13.6. The highest BCUT2D eigenvalue weighted by molar-refractivity contribution is 7.08. The highest BCUT2D eigenvalue weighted by Gasteiger charge is 2.25. The van der Waals surface area contributed by atoms with E-state index in [2.05, 4.69) is 8.75 Å². The van der Waals surface area contributed by atoms with Crippen LogP contribution in [0.1, 0.15) is 27.0 Å². The zero-order valence-corrected chi connectivity index (χ0v) is 18.4. The first kappa shape index (κ1) is 20.9. The number of nitrogens with zero attached hydrogens (tertiary/aromatic N) is 2. The van der Waals surface area contributed by atoms with Crippen molar-refractivity contribution in [3.63, 3.8) is 0 Å². The maximum atomic E-state index is 13.6. The van der Waals surface area contributed by atoms with Crippen LogP contribution in [0, 0.1) is 6.92 Å². The average molecular weight is 451 g/mol. The van der Waals surface area contributed by atoms with E-state index in [9.17, 15) is 14.7 Å². The third kappa shape index (κ3) is 4.26. The van der Waals surface area contributed by atoms with Crippen molar-refractivity contribution in [2.24, 2.45) is 0 Å². The van der Waals surface area contributed by atoms with Crippen LogP contribution in [0.4, 0.5) is 0 Å². The SMILES string of the molecule is COc1ccc(C(=O)C(Cc2ccsc2)=C(C(=O)O)c2ccc3nsnc3c2)cc1C. The number of hydrogen-bond donors (Lipinski definition) is 1. The Morgan fingerprint density at radius 2 is 1.81 bits per heavy atom. The summed E-state index contributed by atoms with van der Waals surface area (Å²) in [6, 6.07) is 12.1. The molecule has 31 heavy (non-hydrogen) atoms. The van der Waals surface area contributed by atoms with Crippen molar-refractivity contribution >= 4 is 51.4 Å². The molecule has 0 saturated heterocycles. The second-order valence-corrected chi connectivity index (χ2v) is 8.26. The van der Waals surface area contributed by atoms with Crippen molar-refractivity contribution in [1.29, 1.82) is 0 Å². The number of carbonyl (C=O) groups is 2. The summed E-state index contributed by atoms with van der Waals surface area (Å²) in [7, 11) is 1.57. The predicted octanol–water partition coefficient (Wildman–Crippen LogP) is 5.03. The molecule has 0 spiro atoms. The number of fused-ring (bicyclic) bond motifs is 1. The molecule has 0 aliphatic heterocycles. The van der Waals surface area contributed by atoms with Crippen molar-refractivity contribution in [2.75, 3.05) is 7.11 Å². The number of rotatable bonds is 7. The zero-order valence-electron chi connectivity index (χ0n) is 16.8. The van der Waals surface area contributed by atoms with Crippen molar-refractivity contribution < 1.29 is 19.4 Å². The highest BCUT2D eigenvalue weighted by Crippen LogP contribution is 2.29. The zero-order chi connectivity index (χ0) is 22.0. The molecule has 0 radical (unpaired) electrons. The fraction of sp³-hybridized carbons (Fsp3) is 0.130. The normalized spacial score (nSPS) is 11.9. The molecule has 0 bridgehead atoms. The molecule has 1 N–H and O–H groups in total. The Balaban J connectivity index is 1.90. The minimum atomic E-state index is -1.16. The van der Waals surface area contributed by atoms with Gasteiger partial charge >= 0.3 is 5.97 Å². The average Bonchev–Trinajstić information content (AvgIpc) is 3.44. The summed E-state index contributed by atoms with van der Waals surface area (Å²) in [5.41, 5.74) is 4.01. The molecule has 2 aromatic heterocycles. The highest BCUT2D eigenvalue weighted by atomic mass is 32.1. The van der Waals surface area contributed by atoms with Gasteiger partial charge in [0.15, 0.2) is 5.78 Å². The fourth-order valence-electron chi connectivity index (χ4n) is 3.44. The quantitative estimate of drug-likeness (QED) is 0.314. The van der Waals surface area contributed by atoms with Gasteiger partial charge in [-0.15, -0.1) is 0 Å². The van der Waals surface area contributed by atoms with E-state index in [0.29, 0.717) is 27.9 Å². The summed E-state index contributed by atoms with van der Waals surface area (Å²) in [5.74, 6) is -0.822. The minimum absolute atomic E-state index is 0.0282. The third-order valence-electron chi connectivity index (χ3n) is 4.95. The summed E-state index contributed by atoms with van der Waals surface area (Å²) >= 11 is 2.56. The molecule has 0 fully saturated rings. The molecule has 0 aliphatic rings. The number of Topliss-reactive ketones (excluding diaryl/α,β-unsaturated/α-hetero) is 1. The van der Waals surface area contributed by atoms with Crippen molar-refractivity contribution in [3.05, 3.63) is 81.1 Å². The van der Waals surface area contributed by atoms with Gasteiger partial charge in [-0.3, -0.25) is 4.79 Å². The van der Waals surface area contributed by atoms with Gasteiger partial charge in [0.25, 0.3) is 0 Å². The van der Waals surface area contributed by atoms with Gasteiger partial charge in [-0.25, -0.2) is 4.79 Å². The summed E-state index contributed by atoms with van der Waals surface area (Å²) in [6.45, 7) is 1.85. The fourth-order valence-corrected chi connectivity index (χ4v) is 4.62. The van der Waals surface area contributed by atoms with Crippen LogP contribution in [0.15, 0.2) is 58.8 Å². The molecule has 0 aliphatic carbocycles. The van der Waals surface area contributed by atoms with E-state index in [4.69, 9.17) is 4.74 Å². The lowest BCUT2D eigenvalue weighted by atomic mass is 9.89. The summed E-state index contributed by atoms with van der Waals surface area (Å²) in [5, 5.41) is 13.9. The molecular formula is C23H18N2O4S2. The number of aliphatic carboxylic acids is 1. The third-order valence-corrected chi connectivity index (χ3v) is 6.24. The Bertz CT molecular complexity index is 1310. The molecule has 2 aromatic carbocycles. The number of allylic oxidation sites excluding steroid dienone is 1. The Kier molecular flexibility index (Phi) is 5.92. The van der Waals surface area contributed by atoms with E-state index in [-0.39, 0.29) is 23.4 Å². The monoisotopic (exact) mass is 450 g/mol. The van der Waals surface area contributed by atoms with Crippen molar-refractivity contribution in [2.45, 2.75) is 13.3 Å². The molecule has 4 aromatic rings. The van der Waals surface area contributed by atoms with Crippen LogP contribution in [-0.4, -0.2) is 32.7 Å². The summed E-state index contributed by atoms with van der Waals surface area (Å²) in [4.78, 5) is 26.0. The van der Waals surface area contributed by atoms with Crippen LogP contribution < -0.4 is 4.74 Å².